The van der Waals surface area contributed by atoms with Gasteiger partial charge >= 0.3 is 18.2 Å². The van der Waals surface area contributed by atoms with Crippen LogP contribution in [0.3, 0.4) is 0 Å². The van der Waals surface area contributed by atoms with Crippen LogP contribution in [-0.4, -0.2) is 46.4 Å². The molecule has 0 aliphatic carbocycles. The Labute approximate surface area is 98.3 Å². The molecule has 0 radical (unpaired) electrons. The summed E-state index contributed by atoms with van der Waals surface area (Å²) in [5, 5.41) is 8.65. The predicted octanol–water partition coefficient (Wildman–Crippen LogP) is 1.22. The van der Waals surface area contributed by atoms with Crippen molar-refractivity contribution in [1.82, 2.24) is 4.90 Å². The van der Waals surface area contributed by atoms with E-state index in [2.05, 4.69) is 4.74 Å². The number of hydrogen-bond acceptors (Lipinski definition) is 5. The summed E-state index contributed by atoms with van der Waals surface area (Å²) in [5.74, 6) is -1.11. The molecule has 96 valence electrons. The van der Waals surface area contributed by atoms with Crippen molar-refractivity contribution in [2.45, 2.75) is 38.8 Å². The van der Waals surface area contributed by atoms with E-state index in [0.717, 1.165) is 0 Å². The molecule has 0 bridgehead atoms. The van der Waals surface area contributed by atoms with Gasteiger partial charge in [-0.15, -0.1) is 0 Å². The molecule has 0 spiro atoms. The summed E-state index contributed by atoms with van der Waals surface area (Å²) in [6.07, 6.45) is -2.11. The fraction of sp³-hybridized carbons (Fsp3) is 0.700. The van der Waals surface area contributed by atoms with Crippen LogP contribution in [0.25, 0.3) is 0 Å². The Morgan fingerprint density at radius 2 is 2.12 bits per heavy atom. The van der Waals surface area contributed by atoms with E-state index in [4.69, 9.17) is 9.84 Å². The van der Waals surface area contributed by atoms with E-state index >= 15 is 0 Å². The van der Waals surface area contributed by atoms with Crippen molar-refractivity contribution >= 4 is 18.2 Å². The first-order chi connectivity index (χ1) is 7.70. The van der Waals surface area contributed by atoms with E-state index < -0.39 is 29.8 Å². The lowest BCUT2D eigenvalue weighted by Gasteiger charge is -2.24. The number of hydrogen-bond donors (Lipinski definition) is 1. The van der Waals surface area contributed by atoms with Gasteiger partial charge in [-0.3, -0.25) is 4.79 Å². The number of carboxylic acid groups (broad SMARTS) is 1. The molecule has 0 saturated carbocycles. The average molecular weight is 245 g/mol. The molecule has 1 aliphatic rings. The lowest BCUT2D eigenvalue weighted by molar-refractivity contribution is -0.137. The van der Waals surface area contributed by atoms with E-state index in [1.807, 2.05) is 0 Å². The normalized spacial score (nSPS) is 20.1. The summed E-state index contributed by atoms with van der Waals surface area (Å²) in [5.41, 5.74) is -0.756. The second-order valence-corrected chi connectivity index (χ2v) is 4.68. The molecule has 1 unspecified atom stereocenters. The van der Waals surface area contributed by atoms with Crippen molar-refractivity contribution in [1.29, 1.82) is 0 Å². The summed E-state index contributed by atoms with van der Waals surface area (Å²) in [6.45, 7) is 4.83. The summed E-state index contributed by atoms with van der Waals surface area (Å²) >= 11 is 0. The molecule has 1 heterocycles. The van der Waals surface area contributed by atoms with Crippen LogP contribution in [0.4, 0.5) is 9.59 Å². The summed E-state index contributed by atoms with van der Waals surface area (Å²) in [7, 11) is 0. The first kappa shape index (κ1) is 13.3. The smallest absolute Gasteiger partial charge is 0.420 e. The van der Waals surface area contributed by atoms with Gasteiger partial charge in [-0.25, -0.2) is 14.5 Å². The maximum Gasteiger partial charge on any atom is 0.420 e. The van der Waals surface area contributed by atoms with E-state index in [1.165, 1.54) is 0 Å². The number of carbonyl (C=O) groups excluding carboxylic acids is 2. The highest BCUT2D eigenvalue weighted by molar-refractivity contribution is 5.90. The Balaban J connectivity index is 2.74. The Bertz CT molecular complexity index is 345. The van der Waals surface area contributed by atoms with Crippen molar-refractivity contribution in [3.05, 3.63) is 0 Å². The molecule has 1 fully saturated rings. The maximum atomic E-state index is 11.7. The zero-order valence-corrected chi connectivity index (χ0v) is 9.93. The largest absolute Gasteiger partial charge is 0.481 e. The van der Waals surface area contributed by atoms with E-state index in [0.29, 0.717) is 4.90 Å². The molecule has 0 aromatic carbocycles. The Morgan fingerprint density at radius 1 is 1.53 bits per heavy atom. The molecule has 7 nitrogen and oxygen atoms in total. The molecule has 2 amide bonds. The fourth-order valence-corrected chi connectivity index (χ4v) is 1.35. The monoisotopic (exact) mass is 245 g/mol. The van der Waals surface area contributed by atoms with Crippen LogP contribution in [0.1, 0.15) is 27.2 Å². The molecule has 1 N–H and O–H groups in total. The first-order valence-electron chi connectivity index (χ1n) is 5.11. The molecule has 1 rings (SSSR count). The minimum absolute atomic E-state index is 0.121. The molecule has 1 aliphatic heterocycles. The molecule has 0 aromatic heterocycles. The molecular formula is C10H15NO6. The second-order valence-electron chi connectivity index (χ2n) is 4.68. The number of aliphatic carboxylic acids is 1. The number of imide groups is 1. The van der Waals surface area contributed by atoms with Crippen LogP contribution in [0.15, 0.2) is 0 Å². The summed E-state index contributed by atoms with van der Waals surface area (Å²) in [4.78, 5) is 34.3. The SMILES string of the molecule is CC(C)(C)OC(=O)N1C(=O)OCC1CC(=O)O. The lowest BCUT2D eigenvalue weighted by Crippen LogP contribution is -2.43. The van der Waals surface area contributed by atoms with Gasteiger partial charge in [0, 0.05) is 0 Å². The highest BCUT2D eigenvalue weighted by atomic mass is 16.6. The number of rotatable bonds is 2. The number of ether oxygens (including phenoxy) is 2. The minimum Gasteiger partial charge on any atom is -0.481 e. The quantitative estimate of drug-likeness (QED) is 0.786. The van der Waals surface area contributed by atoms with Gasteiger partial charge in [0.25, 0.3) is 0 Å². The van der Waals surface area contributed by atoms with Crippen LogP contribution in [0.5, 0.6) is 0 Å². The molecular weight excluding hydrogens is 230 g/mol. The zero-order valence-electron chi connectivity index (χ0n) is 9.93. The van der Waals surface area contributed by atoms with Crippen molar-refractivity contribution in [2.24, 2.45) is 0 Å². The van der Waals surface area contributed by atoms with Crippen LogP contribution in [0, 0.1) is 0 Å². The van der Waals surface area contributed by atoms with Gasteiger partial charge in [-0.05, 0) is 20.8 Å². The van der Waals surface area contributed by atoms with E-state index in [-0.39, 0.29) is 13.0 Å². The Morgan fingerprint density at radius 3 is 2.59 bits per heavy atom. The second kappa shape index (κ2) is 4.60. The number of amides is 2. The summed E-state index contributed by atoms with van der Waals surface area (Å²) in [6, 6.07) is -0.810. The molecule has 1 atom stereocenters. The number of cyclic esters (lactones) is 1. The van der Waals surface area contributed by atoms with Gasteiger partial charge in [-0.2, -0.15) is 0 Å². The highest BCUT2D eigenvalue weighted by Gasteiger charge is 2.41. The topological polar surface area (TPSA) is 93.1 Å². The van der Waals surface area contributed by atoms with Crippen LogP contribution < -0.4 is 0 Å². The fourth-order valence-electron chi connectivity index (χ4n) is 1.35. The number of carbonyl (C=O) groups is 3. The summed E-state index contributed by atoms with van der Waals surface area (Å²) < 4.78 is 9.63. The number of carboxylic acids is 1. The van der Waals surface area contributed by atoms with Crippen molar-refractivity contribution in [2.75, 3.05) is 6.61 Å². The van der Waals surface area contributed by atoms with Crippen molar-refractivity contribution < 1.29 is 29.0 Å². The number of nitrogens with zero attached hydrogens (tertiary/aromatic N) is 1. The molecule has 17 heavy (non-hydrogen) atoms. The standard InChI is InChI=1S/C10H15NO6/c1-10(2,3)17-9(15)11-6(4-7(12)13)5-16-8(11)14/h6H,4-5H2,1-3H3,(H,12,13). The minimum atomic E-state index is -1.11. The molecule has 0 aromatic rings. The average Bonchev–Trinajstić information content (AvgIpc) is 2.42. The molecule has 7 heteroatoms. The highest BCUT2D eigenvalue weighted by Crippen LogP contribution is 2.19. The van der Waals surface area contributed by atoms with Gasteiger partial charge in [0.2, 0.25) is 0 Å². The molecule has 1 saturated heterocycles. The van der Waals surface area contributed by atoms with Crippen molar-refractivity contribution in [3.8, 4) is 0 Å². The maximum absolute atomic E-state index is 11.7. The third-order valence-corrected chi connectivity index (χ3v) is 1.96. The Kier molecular flexibility index (Phi) is 3.59. The lowest BCUT2D eigenvalue weighted by atomic mass is 10.2. The predicted molar refractivity (Wildman–Crippen MR) is 55.5 cm³/mol. The van der Waals surface area contributed by atoms with Gasteiger partial charge in [0.1, 0.15) is 12.2 Å². The third kappa shape index (κ3) is 3.61. The van der Waals surface area contributed by atoms with E-state index in [9.17, 15) is 14.4 Å². The van der Waals surface area contributed by atoms with Crippen molar-refractivity contribution in [3.63, 3.8) is 0 Å². The van der Waals surface area contributed by atoms with Gasteiger partial charge in [0.15, 0.2) is 0 Å². The Hall–Kier alpha value is -1.79. The third-order valence-electron chi connectivity index (χ3n) is 1.96. The van der Waals surface area contributed by atoms with Gasteiger partial charge in [0.05, 0.1) is 12.5 Å². The van der Waals surface area contributed by atoms with Crippen LogP contribution >= 0.6 is 0 Å². The zero-order chi connectivity index (χ0) is 13.2. The van der Waals surface area contributed by atoms with Crippen LogP contribution in [-0.2, 0) is 14.3 Å². The van der Waals surface area contributed by atoms with Crippen LogP contribution in [0.2, 0.25) is 0 Å². The van der Waals surface area contributed by atoms with Gasteiger partial charge < -0.3 is 14.6 Å². The first-order valence-corrected chi connectivity index (χ1v) is 5.11. The van der Waals surface area contributed by atoms with Gasteiger partial charge in [-0.1, -0.05) is 0 Å². The van der Waals surface area contributed by atoms with E-state index in [1.54, 1.807) is 20.8 Å².